The largest absolute Gasteiger partial charge is 0.337 e. The molecule has 104 valence electrons. The second-order valence-electron chi connectivity index (χ2n) is 5.33. The quantitative estimate of drug-likeness (QED) is 0.923. The highest BCUT2D eigenvalue weighted by molar-refractivity contribution is 6.30. The Bertz CT molecular complexity index is 432. The molecule has 1 saturated heterocycles. The number of carbonyl (C=O) groups is 1. The van der Waals surface area contributed by atoms with Crippen molar-refractivity contribution in [2.45, 2.75) is 38.8 Å². The smallest absolute Gasteiger partial charge is 0.223 e. The molecule has 0 saturated carbocycles. The summed E-state index contributed by atoms with van der Waals surface area (Å²) in [5.41, 5.74) is 1.16. The fourth-order valence-corrected chi connectivity index (χ4v) is 2.54. The lowest BCUT2D eigenvalue weighted by atomic mass is 10.1. The van der Waals surface area contributed by atoms with E-state index in [-0.39, 0.29) is 11.9 Å². The molecule has 2 atom stereocenters. The maximum absolute atomic E-state index is 12.3. The van der Waals surface area contributed by atoms with Crippen LogP contribution in [0, 0.1) is 0 Å². The molecule has 0 aliphatic carbocycles. The molecule has 2 unspecified atom stereocenters. The number of carbonyl (C=O) groups excluding carboxylic acids is 1. The lowest BCUT2D eigenvalue weighted by Crippen LogP contribution is -2.56. The van der Waals surface area contributed by atoms with Crippen molar-refractivity contribution < 1.29 is 4.79 Å². The number of halogens is 1. The summed E-state index contributed by atoms with van der Waals surface area (Å²) in [5.74, 6) is 0.246. The van der Waals surface area contributed by atoms with Crippen LogP contribution in [0.5, 0.6) is 0 Å². The van der Waals surface area contributed by atoms with Crippen LogP contribution in [-0.4, -0.2) is 36.0 Å². The highest BCUT2D eigenvalue weighted by Crippen LogP contribution is 2.13. The Morgan fingerprint density at radius 3 is 2.74 bits per heavy atom. The molecule has 1 N–H and O–H groups in total. The van der Waals surface area contributed by atoms with Crippen LogP contribution in [0.25, 0.3) is 0 Å². The minimum absolute atomic E-state index is 0.246. The van der Waals surface area contributed by atoms with E-state index in [0.717, 1.165) is 30.1 Å². The molecule has 1 aliphatic rings. The number of rotatable bonds is 3. The molecular weight excluding hydrogens is 260 g/mol. The average molecular weight is 281 g/mol. The van der Waals surface area contributed by atoms with Crippen molar-refractivity contribution in [3.8, 4) is 0 Å². The summed E-state index contributed by atoms with van der Waals surface area (Å²) in [7, 11) is 0. The molecule has 19 heavy (non-hydrogen) atoms. The average Bonchev–Trinajstić information content (AvgIpc) is 2.40. The van der Waals surface area contributed by atoms with E-state index in [2.05, 4.69) is 19.2 Å². The Balaban J connectivity index is 1.88. The van der Waals surface area contributed by atoms with Gasteiger partial charge in [-0.15, -0.1) is 0 Å². The highest BCUT2D eigenvalue weighted by Gasteiger charge is 2.25. The summed E-state index contributed by atoms with van der Waals surface area (Å²) in [4.78, 5) is 14.3. The van der Waals surface area contributed by atoms with Gasteiger partial charge in [-0.3, -0.25) is 4.79 Å². The number of nitrogens with one attached hydrogen (secondary N) is 1. The maximum Gasteiger partial charge on any atom is 0.223 e. The minimum atomic E-state index is 0.246. The number of amides is 1. The molecule has 1 aromatic carbocycles. The topological polar surface area (TPSA) is 32.3 Å². The molecule has 1 aromatic rings. The molecule has 0 aromatic heterocycles. The van der Waals surface area contributed by atoms with Gasteiger partial charge in [0.25, 0.3) is 0 Å². The highest BCUT2D eigenvalue weighted by atomic mass is 35.5. The molecule has 4 heteroatoms. The van der Waals surface area contributed by atoms with E-state index < -0.39 is 0 Å². The van der Waals surface area contributed by atoms with Crippen LogP contribution in [0.4, 0.5) is 0 Å². The number of benzene rings is 1. The van der Waals surface area contributed by atoms with Gasteiger partial charge in [0.05, 0.1) is 0 Å². The Labute approximate surface area is 119 Å². The van der Waals surface area contributed by atoms with Crippen molar-refractivity contribution in [3.63, 3.8) is 0 Å². The van der Waals surface area contributed by atoms with Crippen molar-refractivity contribution in [2.75, 3.05) is 13.1 Å². The van der Waals surface area contributed by atoms with Gasteiger partial charge < -0.3 is 10.2 Å². The number of hydrogen-bond donors (Lipinski definition) is 1. The fraction of sp³-hybridized carbons (Fsp3) is 0.533. The van der Waals surface area contributed by atoms with Crippen molar-refractivity contribution in [2.24, 2.45) is 0 Å². The zero-order valence-electron chi connectivity index (χ0n) is 11.5. The fourth-order valence-electron chi connectivity index (χ4n) is 2.42. The molecule has 0 radical (unpaired) electrons. The summed E-state index contributed by atoms with van der Waals surface area (Å²) in [6.45, 7) is 5.90. The third-order valence-electron chi connectivity index (χ3n) is 3.63. The van der Waals surface area contributed by atoms with Crippen LogP contribution in [0.2, 0.25) is 5.02 Å². The molecule has 1 amide bonds. The first-order valence-electron chi connectivity index (χ1n) is 6.83. The van der Waals surface area contributed by atoms with Gasteiger partial charge >= 0.3 is 0 Å². The van der Waals surface area contributed by atoms with Crippen LogP contribution in [0.15, 0.2) is 24.3 Å². The van der Waals surface area contributed by atoms with Crippen molar-refractivity contribution in [3.05, 3.63) is 34.9 Å². The Morgan fingerprint density at radius 1 is 1.37 bits per heavy atom. The van der Waals surface area contributed by atoms with Gasteiger partial charge in [-0.05, 0) is 38.0 Å². The Kier molecular flexibility index (Phi) is 4.83. The first kappa shape index (κ1) is 14.4. The molecular formula is C15H21ClN2O. The van der Waals surface area contributed by atoms with Crippen LogP contribution in [-0.2, 0) is 11.2 Å². The third-order valence-corrected chi connectivity index (χ3v) is 3.88. The van der Waals surface area contributed by atoms with Gasteiger partial charge in [-0.1, -0.05) is 23.7 Å². The second kappa shape index (κ2) is 6.40. The molecule has 2 rings (SSSR count). The summed E-state index contributed by atoms with van der Waals surface area (Å²) < 4.78 is 0. The normalized spacial score (nSPS) is 23.4. The SMILES string of the molecule is CC1CN(C(=O)CCc2ccc(Cl)cc2)C(C)CN1. The van der Waals surface area contributed by atoms with Crippen LogP contribution >= 0.6 is 11.6 Å². The standard InChI is InChI=1S/C15H21ClN2O/c1-11-10-18(12(2)9-17-11)15(19)8-5-13-3-6-14(16)7-4-13/h3-4,6-7,11-12,17H,5,8-10H2,1-2H3. The van der Waals surface area contributed by atoms with E-state index >= 15 is 0 Å². The summed E-state index contributed by atoms with van der Waals surface area (Å²) in [6.07, 6.45) is 1.35. The van der Waals surface area contributed by atoms with Crippen molar-refractivity contribution in [1.29, 1.82) is 0 Å². The van der Waals surface area contributed by atoms with E-state index in [0.29, 0.717) is 12.5 Å². The summed E-state index contributed by atoms with van der Waals surface area (Å²) in [5, 5.41) is 4.12. The van der Waals surface area contributed by atoms with E-state index in [1.165, 1.54) is 0 Å². The van der Waals surface area contributed by atoms with E-state index in [9.17, 15) is 4.79 Å². The Morgan fingerprint density at radius 2 is 2.05 bits per heavy atom. The van der Waals surface area contributed by atoms with Gasteiger partial charge in [0.15, 0.2) is 0 Å². The lowest BCUT2D eigenvalue weighted by molar-refractivity contribution is -0.134. The summed E-state index contributed by atoms with van der Waals surface area (Å²) >= 11 is 5.85. The monoisotopic (exact) mass is 280 g/mol. The zero-order chi connectivity index (χ0) is 13.8. The van der Waals surface area contributed by atoms with Gasteiger partial charge in [-0.25, -0.2) is 0 Å². The number of aryl methyl sites for hydroxylation is 1. The molecule has 3 nitrogen and oxygen atoms in total. The summed E-state index contributed by atoms with van der Waals surface area (Å²) in [6, 6.07) is 8.39. The first-order chi connectivity index (χ1) is 9.06. The maximum atomic E-state index is 12.3. The van der Waals surface area contributed by atoms with Crippen molar-refractivity contribution in [1.82, 2.24) is 10.2 Å². The molecule has 1 aliphatic heterocycles. The van der Waals surface area contributed by atoms with E-state index in [1.807, 2.05) is 29.2 Å². The Hall–Kier alpha value is -1.06. The van der Waals surface area contributed by atoms with E-state index in [4.69, 9.17) is 11.6 Å². The number of nitrogens with zero attached hydrogens (tertiary/aromatic N) is 1. The second-order valence-corrected chi connectivity index (χ2v) is 5.77. The van der Waals surface area contributed by atoms with Gasteiger partial charge in [0, 0.05) is 36.6 Å². The van der Waals surface area contributed by atoms with Gasteiger partial charge in [0.2, 0.25) is 5.91 Å². The van der Waals surface area contributed by atoms with Crippen LogP contribution < -0.4 is 5.32 Å². The molecule has 0 bridgehead atoms. The number of hydrogen-bond acceptors (Lipinski definition) is 2. The van der Waals surface area contributed by atoms with Crippen LogP contribution in [0.1, 0.15) is 25.8 Å². The molecule has 0 spiro atoms. The van der Waals surface area contributed by atoms with Crippen LogP contribution in [0.3, 0.4) is 0 Å². The number of piperazine rings is 1. The van der Waals surface area contributed by atoms with E-state index in [1.54, 1.807) is 0 Å². The zero-order valence-corrected chi connectivity index (χ0v) is 12.3. The third kappa shape index (κ3) is 3.95. The van der Waals surface area contributed by atoms with Gasteiger partial charge in [0.1, 0.15) is 0 Å². The minimum Gasteiger partial charge on any atom is -0.337 e. The van der Waals surface area contributed by atoms with Gasteiger partial charge in [-0.2, -0.15) is 0 Å². The molecule has 1 heterocycles. The van der Waals surface area contributed by atoms with Crippen molar-refractivity contribution >= 4 is 17.5 Å². The predicted molar refractivity (Wildman–Crippen MR) is 78.4 cm³/mol. The predicted octanol–water partition coefficient (Wildman–Crippen LogP) is 2.48. The lowest BCUT2D eigenvalue weighted by Gasteiger charge is -2.37. The first-order valence-corrected chi connectivity index (χ1v) is 7.21. The molecule has 1 fully saturated rings.